The van der Waals surface area contributed by atoms with E-state index in [0.717, 1.165) is 6.92 Å². The number of carboxylic acids is 1. The van der Waals surface area contributed by atoms with Crippen LogP contribution in [0.5, 0.6) is 0 Å². The van der Waals surface area contributed by atoms with Crippen molar-refractivity contribution >= 4 is 5.97 Å². The zero-order valence-electron chi connectivity index (χ0n) is 5.69. The van der Waals surface area contributed by atoms with Crippen molar-refractivity contribution in [1.82, 2.24) is 5.32 Å². The number of hydrogen-bond acceptors (Lipinski definition) is 2. The second-order valence-electron chi connectivity index (χ2n) is 2.06. The molecule has 0 radical (unpaired) electrons. The zero-order valence-corrected chi connectivity index (χ0v) is 5.69. The van der Waals surface area contributed by atoms with Gasteiger partial charge in [-0.2, -0.15) is 0 Å². The Morgan fingerprint density at radius 3 is 2.10 bits per heavy atom. The van der Waals surface area contributed by atoms with E-state index < -0.39 is 17.9 Å². The highest BCUT2D eigenvalue weighted by atomic mass is 19.3. The molecule has 10 heavy (non-hydrogen) atoms. The van der Waals surface area contributed by atoms with Crippen LogP contribution < -0.4 is 5.32 Å². The van der Waals surface area contributed by atoms with E-state index in [1.165, 1.54) is 7.05 Å². The molecule has 0 bridgehead atoms. The van der Waals surface area contributed by atoms with Gasteiger partial charge in [0.2, 0.25) is 0 Å². The minimum atomic E-state index is -2.91. The van der Waals surface area contributed by atoms with Crippen molar-refractivity contribution in [2.45, 2.75) is 18.9 Å². The van der Waals surface area contributed by atoms with Crippen LogP contribution in [0.1, 0.15) is 6.92 Å². The topological polar surface area (TPSA) is 49.3 Å². The quantitative estimate of drug-likeness (QED) is 0.613. The minimum Gasteiger partial charge on any atom is -0.480 e. The first-order chi connectivity index (χ1) is 4.45. The molecule has 0 aliphatic carbocycles. The van der Waals surface area contributed by atoms with E-state index in [9.17, 15) is 13.6 Å². The molecule has 5 heteroatoms. The van der Waals surface area contributed by atoms with Gasteiger partial charge in [0.15, 0.2) is 5.54 Å². The maximum Gasteiger partial charge on any atom is 0.329 e. The fourth-order valence-corrected chi connectivity index (χ4v) is 0.309. The van der Waals surface area contributed by atoms with Crippen LogP contribution in [-0.2, 0) is 4.79 Å². The normalized spacial score (nSPS) is 16.9. The van der Waals surface area contributed by atoms with Crippen LogP contribution in [0.25, 0.3) is 0 Å². The van der Waals surface area contributed by atoms with E-state index in [1.807, 2.05) is 5.32 Å². The van der Waals surface area contributed by atoms with Crippen molar-refractivity contribution in [2.75, 3.05) is 7.05 Å². The van der Waals surface area contributed by atoms with Crippen LogP contribution in [0.3, 0.4) is 0 Å². The fourth-order valence-electron chi connectivity index (χ4n) is 0.309. The smallest absolute Gasteiger partial charge is 0.329 e. The summed E-state index contributed by atoms with van der Waals surface area (Å²) in [5.74, 6) is -1.55. The molecule has 0 aliphatic rings. The van der Waals surface area contributed by atoms with Gasteiger partial charge in [0, 0.05) is 0 Å². The number of halogens is 2. The second kappa shape index (κ2) is 2.92. The van der Waals surface area contributed by atoms with Gasteiger partial charge in [-0.25, -0.2) is 13.6 Å². The highest BCUT2D eigenvalue weighted by Gasteiger charge is 2.41. The Morgan fingerprint density at radius 1 is 1.70 bits per heavy atom. The van der Waals surface area contributed by atoms with Crippen molar-refractivity contribution in [3.05, 3.63) is 0 Å². The first-order valence-electron chi connectivity index (χ1n) is 2.65. The molecule has 0 rings (SSSR count). The highest BCUT2D eigenvalue weighted by molar-refractivity contribution is 5.78. The summed E-state index contributed by atoms with van der Waals surface area (Å²) in [4.78, 5) is 10.2. The summed E-state index contributed by atoms with van der Waals surface area (Å²) in [5, 5.41) is 10.3. The minimum absolute atomic E-state index is 0.931. The number of rotatable bonds is 3. The predicted molar refractivity (Wildman–Crippen MR) is 31.1 cm³/mol. The average Bonchev–Trinajstić information content (AvgIpc) is 1.85. The van der Waals surface area contributed by atoms with Crippen LogP contribution >= 0.6 is 0 Å². The highest BCUT2D eigenvalue weighted by Crippen LogP contribution is 2.14. The van der Waals surface area contributed by atoms with Gasteiger partial charge in [0.05, 0.1) is 0 Å². The first kappa shape index (κ1) is 9.29. The van der Waals surface area contributed by atoms with E-state index in [4.69, 9.17) is 5.11 Å². The van der Waals surface area contributed by atoms with Crippen LogP contribution in [0, 0.1) is 0 Å². The summed E-state index contributed by atoms with van der Waals surface area (Å²) < 4.78 is 23.8. The lowest BCUT2D eigenvalue weighted by molar-refractivity contribution is -0.150. The van der Waals surface area contributed by atoms with Gasteiger partial charge in [-0.3, -0.25) is 0 Å². The summed E-state index contributed by atoms with van der Waals surface area (Å²) in [6.07, 6.45) is -2.91. The molecule has 1 atom stereocenters. The Kier molecular flexibility index (Phi) is 2.71. The van der Waals surface area contributed by atoms with Crippen LogP contribution in [0.2, 0.25) is 0 Å². The third kappa shape index (κ3) is 1.41. The van der Waals surface area contributed by atoms with Gasteiger partial charge in [-0.05, 0) is 14.0 Å². The van der Waals surface area contributed by atoms with Crippen molar-refractivity contribution in [3.63, 3.8) is 0 Å². The Balaban J connectivity index is 4.38. The predicted octanol–water partition coefficient (Wildman–Crippen LogP) is 0.314. The summed E-state index contributed by atoms with van der Waals surface area (Å²) in [5.41, 5.74) is -2.12. The van der Waals surface area contributed by atoms with Crippen molar-refractivity contribution in [2.24, 2.45) is 0 Å². The number of likely N-dealkylation sites (N-methyl/N-ethyl adjacent to an activating group) is 1. The molecule has 0 aromatic heterocycles. The monoisotopic (exact) mass is 153 g/mol. The molecule has 2 N–H and O–H groups in total. The number of hydrogen-bond donors (Lipinski definition) is 2. The molecular weight excluding hydrogens is 144 g/mol. The van der Waals surface area contributed by atoms with Gasteiger partial charge >= 0.3 is 5.97 Å². The second-order valence-corrected chi connectivity index (χ2v) is 2.06. The molecule has 3 nitrogen and oxygen atoms in total. The zero-order chi connectivity index (χ0) is 8.36. The Morgan fingerprint density at radius 2 is 2.10 bits per heavy atom. The standard InChI is InChI=1S/C5H9F2NO2/c1-5(8-2,3(6)7)4(9)10/h3,8H,1-2H3,(H,9,10). The molecular formula is C5H9F2NO2. The number of carbonyl (C=O) groups is 1. The first-order valence-corrected chi connectivity index (χ1v) is 2.65. The van der Waals surface area contributed by atoms with Crippen molar-refractivity contribution < 1.29 is 18.7 Å². The van der Waals surface area contributed by atoms with Crippen LogP contribution in [-0.4, -0.2) is 30.1 Å². The molecule has 0 heterocycles. The number of alkyl halides is 2. The molecule has 0 aliphatic heterocycles. The third-order valence-electron chi connectivity index (χ3n) is 1.40. The van der Waals surface area contributed by atoms with E-state index in [0.29, 0.717) is 0 Å². The number of aliphatic carboxylic acids is 1. The molecule has 0 amide bonds. The largest absolute Gasteiger partial charge is 0.480 e. The fraction of sp³-hybridized carbons (Fsp3) is 0.800. The van der Waals surface area contributed by atoms with E-state index in [-0.39, 0.29) is 0 Å². The molecule has 0 spiro atoms. The van der Waals surface area contributed by atoms with Gasteiger partial charge in [0.1, 0.15) is 0 Å². The molecule has 1 unspecified atom stereocenters. The summed E-state index contributed by atoms with van der Waals surface area (Å²) >= 11 is 0. The van der Waals surface area contributed by atoms with E-state index in [1.54, 1.807) is 0 Å². The SMILES string of the molecule is CNC(C)(C(=O)O)C(F)F. The maximum absolute atomic E-state index is 11.9. The van der Waals surface area contributed by atoms with E-state index in [2.05, 4.69) is 0 Å². The maximum atomic E-state index is 11.9. The Hall–Kier alpha value is -0.710. The lowest BCUT2D eigenvalue weighted by atomic mass is 10.1. The van der Waals surface area contributed by atoms with Crippen molar-refractivity contribution in [3.8, 4) is 0 Å². The molecule has 0 saturated carbocycles. The lowest BCUT2D eigenvalue weighted by Gasteiger charge is -2.22. The third-order valence-corrected chi connectivity index (χ3v) is 1.40. The van der Waals surface area contributed by atoms with E-state index >= 15 is 0 Å². The molecule has 0 aromatic rings. The van der Waals surface area contributed by atoms with Crippen LogP contribution in [0.4, 0.5) is 8.78 Å². The average molecular weight is 153 g/mol. The molecule has 0 fully saturated rings. The Bertz CT molecular complexity index is 140. The van der Waals surface area contributed by atoms with Gasteiger partial charge in [0.25, 0.3) is 6.43 Å². The number of carboxylic acid groups (broad SMARTS) is 1. The van der Waals surface area contributed by atoms with Gasteiger partial charge < -0.3 is 10.4 Å². The molecule has 0 saturated heterocycles. The van der Waals surface area contributed by atoms with Crippen LogP contribution in [0.15, 0.2) is 0 Å². The summed E-state index contributed by atoms with van der Waals surface area (Å²) in [7, 11) is 1.18. The van der Waals surface area contributed by atoms with Gasteiger partial charge in [-0.1, -0.05) is 0 Å². The number of nitrogens with one attached hydrogen (secondary N) is 1. The molecule has 0 aromatic carbocycles. The summed E-state index contributed by atoms with van der Waals surface area (Å²) in [6.45, 7) is 0.931. The lowest BCUT2D eigenvalue weighted by Crippen LogP contribution is -2.53. The molecule has 60 valence electrons. The van der Waals surface area contributed by atoms with Crippen molar-refractivity contribution in [1.29, 1.82) is 0 Å². The summed E-state index contributed by atoms with van der Waals surface area (Å²) in [6, 6.07) is 0. The van der Waals surface area contributed by atoms with Gasteiger partial charge in [-0.15, -0.1) is 0 Å². The Labute approximate surface area is 57.0 Å².